The van der Waals surface area contributed by atoms with Crippen LogP contribution in [0.1, 0.15) is 11.1 Å². The molecule has 1 rings (SSSR count). The second kappa shape index (κ2) is 2.90. The molecule has 0 saturated heterocycles. The molecule has 0 spiro atoms. The van der Waals surface area contributed by atoms with E-state index in [1.807, 2.05) is 0 Å². The smallest absolute Gasteiger partial charge is 0.132 e. The summed E-state index contributed by atoms with van der Waals surface area (Å²) >= 11 is 0. The van der Waals surface area contributed by atoms with Crippen LogP contribution in [-0.4, -0.2) is 10.2 Å². The molecule has 0 radical (unpaired) electrons. The van der Waals surface area contributed by atoms with E-state index in [0.29, 0.717) is 0 Å². The van der Waals surface area contributed by atoms with Crippen molar-refractivity contribution in [2.75, 3.05) is 0 Å². The monoisotopic (exact) mass is 158 g/mol. The van der Waals surface area contributed by atoms with Crippen LogP contribution >= 0.6 is 0 Å². The number of hydrogen-bond acceptors (Lipinski definition) is 2. The van der Waals surface area contributed by atoms with Crippen LogP contribution in [0.5, 0.6) is 11.5 Å². The molecule has 0 aliphatic carbocycles. The highest BCUT2D eigenvalue weighted by molar-refractivity contribution is 5.56. The van der Waals surface area contributed by atoms with E-state index in [1.54, 1.807) is 0 Å². The Morgan fingerprint density at radius 1 is 0.917 bits per heavy atom. The molecular formula is C10H6O2. The summed E-state index contributed by atoms with van der Waals surface area (Å²) in [4.78, 5) is 0. The normalized spacial score (nSPS) is 8.50. The van der Waals surface area contributed by atoms with Gasteiger partial charge in [-0.15, -0.1) is 12.8 Å². The predicted molar refractivity (Wildman–Crippen MR) is 45.6 cm³/mol. The number of hydrogen-bond donors (Lipinski definition) is 2. The molecule has 0 bridgehead atoms. The Hall–Kier alpha value is -2.06. The molecule has 0 atom stereocenters. The molecule has 0 saturated carbocycles. The van der Waals surface area contributed by atoms with Crippen molar-refractivity contribution in [2.24, 2.45) is 0 Å². The summed E-state index contributed by atoms with van der Waals surface area (Å²) in [5, 5.41) is 18.4. The summed E-state index contributed by atoms with van der Waals surface area (Å²) < 4.78 is 0. The SMILES string of the molecule is C#Cc1cc(O)c(C#C)cc1O. The molecule has 0 amide bonds. The van der Waals surface area contributed by atoms with Crippen LogP contribution in [0.2, 0.25) is 0 Å². The number of aromatic hydroxyl groups is 2. The molecule has 2 heteroatoms. The molecule has 12 heavy (non-hydrogen) atoms. The minimum absolute atomic E-state index is 0.0942. The van der Waals surface area contributed by atoms with Crippen molar-refractivity contribution in [2.45, 2.75) is 0 Å². The zero-order valence-electron chi connectivity index (χ0n) is 6.20. The van der Waals surface area contributed by atoms with E-state index in [9.17, 15) is 10.2 Å². The van der Waals surface area contributed by atoms with Crippen molar-refractivity contribution in [3.8, 4) is 36.2 Å². The van der Waals surface area contributed by atoms with Crippen molar-refractivity contribution < 1.29 is 10.2 Å². The lowest BCUT2D eigenvalue weighted by atomic mass is 10.1. The molecule has 2 nitrogen and oxygen atoms in total. The van der Waals surface area contributed by atoms with Crippen molar-refractivity contribution in [3.63, 3.8) is 0 Å². The minimum Gasteiger partial charge on any atom is -0.507 e. The van der Waals surface area contributed by atoms with E-state index >= 15 is 0 Å². The molecular weight excluding hydrogens is 152 g/mol. The fraction of sp³-hybridized carbons (Fsp3) is 0. The van der Waals surface area contributed by atoms with E-state index in [2.05, 4.69) is 11.8 Å². The summed E-state index contributed by atoms with van der Waals surface area (Å²) in [6.07, 6.45) is 10.1. The molecule has 1 aromatic rings. The Labute approximate surface area is 70.5 Å². The van der Waals surface area contributed by atoms with Crippen LogP contribution in [0, 0.1) is 24.7 Å². The summed E-state index contributed by atoms with van der Waals surface area (Å²) in [6.45, 7) is 0. The van der Waals surface area contributed by atoms with Crippen molar-refractivity contribution >= 4 is 0 Å². The van der Waals surface area contributed by atoms with Gasteiger partial charge in [-0.3, -0.25) is 0 Å². The molecule has 0 aromatic heterocycles. The van der Waals surface area contributed by atoms with Crippen LogP contribution in [0.25, 0.3) is 0 Å². The third-order valence-corrected chi connectivity index (χ3v) is 1.43. The Morgan fingerprint density at radius 2 is 1.25 bits per heavy atom. The lowest BCUT2D eigenvalue weighted by molar-refractivity contribution is 0.457. The lowest BCUT2D eigenvalue weighted by Crippen LogP contribution is -1.81. The Balaban J connectivity index is 3.41. The molecule has 0 unspecified atom stereocenters. The van der Waals surface area contributed by atoms with Gasteiger partial charge < -0.3 is 10.2 Å². The van der Waals surface area contributed by atoms with Gasteiger partial charge >= 0.3 is 0 Å². The molecule has 0 aliphatic rings. The molecule has 58 valence electrons. The quantitative estimate of drug-likeness (QED) is 0.438. The standard InChI is InChI=1S/C10H6O2/c1-3-7-5-10(12)8(4-2)6-9(7)11/h1-2,5-6,11-12H. The van der Waals surface area contributed by atoms with Gasteiger partial charge in [-0.2, -0.15) is 0 Å². The van der Waals surface area contributed by atoms with Gasteiger partial charge in [-0.1, -0.05) is 11.8 Å². The Kier molecular flexibility index (Phi) is 1.94. The summed E-state index contributed by atoms with van der Waals surface area (Å²) in [5.74, 6) is 4.23. The first-order chi connectivity index (χ1) is 5.69. The Bertz CT molecular complexity index is 352. The van der Waals surface area contributed by atoms with Crippen LogP contribution in [0.3, 0.4) is 0 Å². The van der Waals surface area contributed by atoms with Gasteiger partial charge in [0.2, 0.25) is 0 Å². The highest BCUT2D eigenvalue weighted by Crippen LogP contribution is 2.25. The average Bonchev–Trinajstić information content (AvgIpc) is 2.08. The Morgan fingerprint density at radius 3 is 1.50 bits per heavy atom. The maximum Gasteiger partial charge on any atom is 0.132 e. The van der Waals surface area contributed by atoms with E-state index in [0.717, 1.165) is 0 Å². The van der Waals surface area contributed by atoms with Gasteiger partial charge in [0.25, 0.3) is 0 Å². The van der Waals surface area contributed by atoms with E-state index < -0.39 is 0 Å². The first-order valence-electron chi connectivity index (χ1n) is 3.18. The van der Waals surface area contributed by atoms with Crippen molar-refractivity contribution in [1.29, 1.82) is 0 Å². The largest absolute Gasteiger partial charge is 0.507 e. The first kappa shape index (κ1) is 8.04. The molecule has 0 fully saturated rings. The van der Waals surface area contributed by atoms with Gasteiger partial charge in [0, 0.05) is 12.1 Å². The first-order valence-corrected chi connectivity index (χ1v) is 3.18. The number of benzene rings is 1. The summed E-state index contributed by atoms with van der Waals surface area (Å²) in [5.41, 5.74) is 0.456. The molecule has 2 N–H and O–H groups in total. The van der Waals surface area contributed by atoms with Gasteiger partial charge in [0.15, 0.2) is 0 Å². The van der Waals surface area contributed by atoms with Crippen molar-refractivity contribution in [3.05, 3.63) is 23.3 Å². The topological polar surface area (TPSA) is 40.5 Å². The number of terminal acetylenes is 2. The fourth-order valence-corrected chi connectivity index (χ4v) is 0.808. The van der Waals surface area contributed by atoms with Crippen LogP contribution in [0.15, 0.2) is 12.1 Å². The molecule has 1 aromatic carbocycles. The van der Waals surface area contributed by atoms with Crippen molar-refractivity contribution in [1.82, 2.24) is 0 Å². The predicted octanol–water partition coefficient (Wildman–Crippen LogP) is 1.06. The minimum atomic E-state index is -0.0942. The maximum atomic E-state index is 9.20. The third-order valence-electron chi connectivity index (χ3n) is 1.43. The number of phenolic OH excluding ortho intramolecular Hbond substituents is 2. The van der Waals surface area contributed by atoms with Crippen LogP contribution in [0.4, 0.5) is 0 Å². The number of rotatable bonds is 0. The van der Waals surface area contributed by atoms with Gasteiger partial charge in [-0.25, -0.2) is 0 Å². The average molecular weight is 158 g/mol. The maximum absolute atomic E-state index is 9.20. The number of phenols is 2. The van der Waals surface area contributed by atoms with E-state index in [-0.39, 0.29) is 22.6 Å². The van der Waals surface area contributed by atoms with E-state index in [1.165, 1.54) is 12.1 Å². The summed E-state index contributed by atoms with van der Waals surface area (Å²) in [7, 11) is 0. The molecule has 0 aliphatic heterocycles. The van der Waals surface area contributed by atoms with E-state index in [4.69, 9.17) is 12.8 Å². The second-order valence-corrected chi connectivity index (χ2v) is 2.18. The van der Waals surface area contributed by atoms with Crippen LogP contribution < -0.4 is 0 Å². The second-order valence-electron chi connectivity index (χ2n) is 2.18. The third kappa shape index (κ3) is 1.19. The van der Waals surface area contributed by atoms with Crippen LogP contribution in [-0.2, 0) is 0 Å². The van der Waals surface area contributed by atoms with Gasteiger partial charge in [-0.05, 0) is 0 Å². The highest BCUT2D eigenvalue weighted by atomic mass is 16.3. The lowest BCUT2D eigenvalue weighted by Gasteiger charge is -2.00. The molecule has 0 heterocycles. The zero-order valence-corrected chi connectivity index (χ0v) is 6.20. The van der Waals surface area contributed by atoms with Gasteiger partial charge in [0.05, 0.1) is 11.1 Å². The summed E-state index contributed by atoms with van der Waals surface area (Å²) in [6, 6.07) is 2.51. The highest BCUT2D eigenvalue weighted by Gasteiger charge is 2.04. The van der Waals surface area contributed by atoms with Gasteiger partial charge in [0.1, 0.15) is 11.5 Å². The fourth-order valence-electron chi connectivity index (χ4n) is 0.808. The zero-order chi connectivity index (χ0) is 9.14.